The van der Waals surface area contributed by atoms with E-state index in [2.05, 4.69) is 9.97 Å². The Labute approximate surface area is 189 Å². The van der Waals surface area contributed by atoms with E-state index < -0.39 is 17.2 Å². The lowest BCUT2D eigenvalue weighted by Gasteiger charge is -2.25. The van der Waals surface area contributed by atoms with Gasteiger partial charge in [-0.3, -0.25) is 24.0 Å². The number of hydrogen-bond donors (Lipinski definition) is 2. The molecule has 3 rings (SSSR count). The second kappa shape index (κ2) is 10.1. The number of carbonyl (C=O) groups is 1. The van der Waals surface area contributed by atoms with Crippen molar-refractivity contribution in [1.29, 1.82) is 0 Å². The molecule has 10 heteroatoms. The van der Waals surface area contributed by atoms with E-state index in [0.29, 0.717) is 24.3 Å². The number of nitrogens with two attached hydrogens (primary N) is 1. The molecule has 0 saturated heterocycles. The predicted octanol–water partition coefficient (Wildman–Crippen LogP) is 2.82. The molecule has 0 fully saturated rings. The molecule has 0 bridgehead atoms. The number of aromatic amines is 1. The van der Waals surface area contributed by atoms with Gasteiger partial charge in [0.2, 0.25) is 0 Å². The number of pyridine rings is 1. The lowest BCUT2D eigenvalue weighted by atomic mass is 10.1. The molecule has 3 aromatic rings. The van der Waals surface area contributed by atoms with Crippen LogP contribution < -0.4 is 26.6 Å². The highest BCUT2D eigenvalue weighted by molar-refractivity contribution is 6.29. The summed E-state index contributed by atoms with van der Waals surface area (Å²) >= 11 is 5.85. The van der Waals surface area contributed by atoms with Gasteiger partial charge in [-0.05, 0) is 24.6 Å². The summed E-state index contributed by atoms with van der Waals surface area (Å²) in [5.74, 6) is -0.0795. The first-order chi connectivity index (χ1) is 15.4. The van der Waals surface area contributed by atoms with Crippen LogP contribution in [-0.4, -0.2) is 27.6 Å². The van der Waals surface area contributed by atoms with Gasteiger partial charge in [0, 0.05) is 18.3 Å². The number of nitrogen functional groups attached to an aromatic ring is 1. The van der Waals surface area contributed by atoms with Gasteiger partial charge in [0.25, 0.3) is 11.5 Å². The summed E-state index contributed by atoms with van der Waals surface area (Å²) in [6.45, 7) is 2.26. The number of hydrogen-bond acceptors (Lipinski definition) is 6. The SMILES string of the molecule is CCCCn1c(N)c(N(Cc2ccccc2OC)C(=O)c2ccc(Cl)nc2)c(=O)[nH]c1=O. The minimum absolute atomic E-state index is 0.0231. The van der Waals surface area contributed by atoms with Crippen LogP contribution in [0.4, 0.5) is 11.5 Å². The molecule has 0 atom stereocenters. The molecule has 3 N–H and O–H groups in total. The Balaban J connectivity index is 2.18. The number of unbranched alkanes of at least 4 members (excludes halogenated alkanes) is 1. The van der Waals surface area contributed by atoms with Crippen LogP contribution in [-0.2, 0) is 13.1 Å². The highest BCUT2D eigenvalue weighted by Gasteiger charge is 2.26. The normalized spacial score (nSPS) is 10.7. The average Bonchev–Trinajstić information content (AvgIpc) is 2.78. The number of aromatic nitrogens is 3. The van der Waals surface area contributed by atoms with E-state index in [1.165, 1.54) is 34.9 Å². The van der Waals surface area contributed by atoms with Gasteiger partial charge in [-0.15, -0.1) is 0 Å². The summed E-state index contributed by atoms with van der Waals surface area (Å²) in [4.78, 5) is 46.1. The number of rotatable bonds is 8. The van der Waals surface area contributed by atoms with Crippen LogP contribution in [0.1, 0.15) is 35.7 Å². The molecule has 0 aliphatic rings. The second-order valence-electron chi connectivity index (χ2n) is 7.07. The Bertz CT molecular complexity index is 1220. The maximum absolute atomic E-state index is 13.5. The largest absolute Gasteiger partial charge is 0.496 e. The number of nitrogens with one attached hydrogen (secondary N) is 1. The van der Waals surface area contributed by atoms with Crippen LogP contribution >= 0.6 is 11.6 Å². The van der Waals surface area contributed by atoms with Crippen molar-refractivity contribution >= 4 is 29.0 Å². The Morgan fingerprint density at radius 3 is 2.66 bits per heavy atom. The van der Waals surface area contributed by atoms with Crippen molar-refractivity contribution in [3.05, 3.63) is 79.7 Å². The van der Waals surface area contributed by atoms with E-state index in [-0.39, 0.29) is 28.8 Å². The van der Waals surface area contributed by atoms with Gasteiger partial charge in [0.15, 0.2) is 5.69 Å². The van der Waals surface area contributed by atoms with Gasteiger partial charge in [0.1, 0.15) is 16.7 Å². The van der Waals surface area contributed by atoms with Gasteiger partial charge in [-0.1, -0.05) is 43.1 Å². The van der Waals surface area contributed by atoms with Crippen molar-refractivity contribution in [2.45, 2.75) is 32.9 Å². The molecule has 2 heterocycles. The quantitative estimate of drug-likeness (QED) is 0.501. The standard InChI is InChI=1S/C22H24ClN5O4/c1-3-4-11-27-19(24)18(20(29)26-22(27)31)28(13-15-7-5-6-8-16(15)32-2)21(30)14-9-10-17(23)25-12-14/h5-10,12H,3-4,11,13,24H2,1-2H3,(H,26,29,31). The number of nitrogens with zero attached hydrogens (tertiary/aromatic N) is 3. The second-order valence-corrected chi connectivity index (χ2v) is 7.46. The fraction of sp³-hybridized carbons (Fsp3) is 0.273. The van der Waals surface area contributed by atoms with E-state index >= 15 is 0 Å². The Hall–Kier alpha value is -3.59. The van der Waals surface area contributed by atoms with Gasteiger partial charge in [-0.25, -0.2) is 9.78 Å². The molecule has 1 aromatic carbocycles. The van der Waals surface area contributed by atoms with Gasteiger partial charge in [0.05, 0.1) is 19.2 Å². The molecule has 2 aromatic heterocycles. The first-order valence-corrected chi connectivity index (χ1v) is 10.4. The minimum atomic E-state index is -0.759. The van der Waals surface area contributed by atoms with E-state index in [1.807, 2.05) is 6.92 Å². The molecule has 0 saturated carbocycles. The van der Waals surface area contributed by atoms with Gasteiger partial charge >= 0.3 is 5.69 Å². The van der Waals surface area contributed by atoms with Crippen LogP contribution in [0, 0.1) is 0 Å². The smallest absolute Gasteiger partial charge is 0.330 e. The third kappa shape index (κ3) is 4.83. The summed E-state index contributed by atoms with van der Waals surface area (Å²) < 4.78 is 6.67. The summed E-state index contributed by atoms with van der Waals surface area (Å²) in [7, 11) is 1.51. The third-order valence-corrected chi connectivity index (χ3v) is 5.18. The van der Waals surface area contributed by atoms with E-state index in [0.717, 1.165) is 6.42 Å². The Kier molecular flexibility index (Phi) is 7.32. The van der Waals surface area contributed by atoms with Crippen molar-refractivity contribution in [3.8, 4) is 5.75 Å². The maximum Gasteiger partial charge on any atom is 0.330 e. The summed E-state index contributed by atoms with van der Waals surface area (Å²) in [5.41, 5.74) is 5.62. The fourth-order valence-electron chi connectivity index (χ4n) is 3.29. The number of H-pyrrole nitrogens is 1. The van der Waals surface area contributed by atoms with Gasteiger partial charge < -0.3 is 10.5 Å². The molecule has 0 spiro atoms. The molecule has 0 radical (unpaired) electrons. The van der Waals surface area contributed by atoms with Crippen molar-refractivity contribution in [2.24, 2.45) is 0 Å². The molecular formula is C22H24ClN5O4. The summed E-state index contributed by atoms with van der Waals surface area (Å²) in [6, 6.07) is 10.1. The van der Waals surface area contributed by atoms with E-state index in [4.69, 9.17) is 22.1 Å². The lowest BCUT2D eigenvalue weighted by molar-refractivity contribution is 0.0984. The first kappa shape index (κ1) is 23.1. The fourth-order valence-corrected chi connectivity index (χ4v) is 3.40. The van der Waals surface area contributed by atoms with Crippen LogP contribution in [0.25, 0.3) is 0 Å². The average molecular weight is 458 g/mol. The molecule has 9 nitrogen and oxygen atoms in total. The molecular weight excluding hydrogens is 434 g/mol. The number of anilines is 2. The van der Waals surface area contributed by atoms with Crippen molar-refractivity contribution in [2.75, 3.05) is 17.7 Å². The first-order valence-electron chi connectivity index (χ1n) is 10.0. The van der Waals surface area contributed by atoms with Crippen LogP contribution in [0.15, 0.2) is 52.2 Å². The highest BCUT2D eigenvalue weighted by atomic mass is 35.5. The number of ether oxygens (including phenoxy) is 1. The molecule has 168 valence electrons. The van der Waals surface area contributed by atoms with Crippen molar-refractivity contribution in [3.63, 3.8) is 0 Å². The molecule has 1 amide bonds. The Morgan fingerprint density at radius 2 is 2.00 bits per heavy atom. The highest BCUT2D eigenvalue weighted by Crippen LogP contribution is 2.26. The van der Waals surface area contributed by atoms with Gasteiger partial charge in [-0.2, -0.15) is 0 Å². The summed E-state index contributed by atoms with van der Waals surface area (Å²) in [5, 5.41) is 0.225. The van der Waals surface area contributed by atoms with Crippen LogP contribution in [0.2, 0.25) is 5.15 Å². The van der Waals surface area contributed by atoms with Crippen LogP contribution in [0.3, 0.4) is 0 Å². The van der Waals surface area contributed by atoms with E-state index in [1.54, 1.807) is 24.3 Å². The minimum Gasteiger partial charge on any atom is -0.496 e. The Morgan fingerprint density at radius 1 is 1.25 bits per heavy atom. The number of benzene rings is 1. The predicted molar refractivity (Wildman–Crippen MR) is 123 cm³/mol. The number of carbonyl (C=O) groups excluding carboxylic acids is 1. The third-order valence-electron chi connectivity index (χ3n) is 4.96. The number of para-hydroxylation sites is 1. The zero-order valence-electron chi connectivity index (χ0n) is 17.8. The molecule has 0 aliphatic heterocycles. The van der Waals surface area contributed by atoms with Crippen molar-refractivity contribution in [1.82, 2.24) is 14.5 Å². The number of methoxy groups -OCH3 is 1. The molecule has 0 unspecified atom stereocenters. The lowest BCUT2D eigenvalue weighted by Crippen LogP contribution is -2.41. The maximum atomic E-state index is 13.5. The van der Waals surface area contributed by atoms with Crippen LogP contribution in [0.5, 0.6) is 5.75 Å². The number of halogens is 1. The van der Waals surface area contributed by atoms with E-state index in [9.17, 15) is 14.4 Å². The zero-order valence-corrected chi connectivity index (χ0v) is 18.6. The molecule has 0 aliphatic carbocycles. The monoisotopic (exact) mass is 457 g/mol. The molecule has 32 heavy (non-hydrogen) atoms. The summed E-state index contributed by atoms with van der Waals surface area (Å²) in [6.07, 6.45) is 2.81. The zero-order chi connectivity index (χ0) is 23.3. The number of amides is 1. The van der Waals surface area contributed by atoms with Crippen molar-refractivity contribution < 1.29 is 9.53 Å². The topological polar surface area (TPSA) is 123 Å².